The number of carbonyl (C=O) groups is 1. The van der Waals surface area contributed by atoms with Gasteiger partial charge in [0.05, 0.1) is 18.9 Å². The summed E-state index contributed by atoms with van der Waals surface area (Å²) in [6.45, 7) is 0.158. The van der Waals surface area contributed by atoms with Crippen LogP contribution < -0.4 is 10.1 Å². The molecule has 1 aromatic carbocycles. The van der Waals surface area contributed by atoms with E-state index in [-0.39, 0.29) is 12.5 Å². The lowest BCUT2D eigenvalue weighted by molar-refractivity contribution is 0.102. The molecule has 0 spiro atoms. The molecular formula is C16H18N2O3. The van der Waals surface area contributed by atoms with Crippen LogP contribution in [-0.2, 0) is 6.42 Å². The van der Waals surface area contributed by atoms with Gasteiger partial charge in [0.25, 0.3) is 5.91 Å². The minimum Gasteiger partial charge on any atom is -0.494 e. The van der Waals surface area contributed by atoms with Gasteiger partial charge in [-0.25, -0.2) is 0 Å². The Morgan fingerprint density at radius 1 is 1.38 bits per heavy atom. The molecule has 1 aromatic heterocycles. The minimum absolute atomic E-state index is 0.158. The third-order valence-electron chi connectivity index (χ3n) is 3.06. The number of amides is 1. The Hall–Kier alpha value is -2.40. The van der Waals surface area contributed by atoms with E-state index in [2.05, 4.69) is 10.3 Å². The van der Waals surface area contributed by atoms with E-state index in [0.29, 0.717) is 23.4 Å². The molecule has 21 heavy (non-hydrogen) atoms. The van der Waals surface area contributed by atoms with Crippen molar-refractivity contribution < 1.29 is 14.6 Å². The van der Waals surface area contributed by atoms with Crippen molar-refractivity contribution in [2.45, 2.75) is 12.8 Å². The van der Waals surface area contributed by atoms with Crippen LogP contribution in [0.4, 0.5) is 5.69 Å². The van der Waals surface area contributed by atoms with E-state index in [1.165, 1.54) is 13.3 Å². The number of nitrogens with zero attached hydrogens (tertiary/aromatic N) is 1. The molecule has 0 aliphatic heterocycles. The van der Waals surface area contributed by atoms with E-state index >= 15 is 0 Å². The van der Waals surface area contributed by atoms with Gasteiger partial charge >= 0.3 is 0 Å². The summed E-state index contributed by atoms with van der Waals surface area (Å²) in [5.74, 6) is 0.194. The third-order valence-corrected chi connectivity index (χ3v) is 3.06. The van der Waals surface area contributed by atoms with Crippen molar-refractivity contribution in [3.8, 4) is 5.75 Å². The third kappa shape index (κ3) is 4.03. The van der Waals surface area contributed by atoms with Gasteiger partial charge in [-0.3, -0.25) is 9.78 Å². The molecule has 1 heterocycles. The summed E-state index contributed by atoms with van der Waals surface area (Å²) < 4.78 is 5.13. The van der Waals surface area contributed by atoms with Crippen molar-refractivity contribution >= 4 is 11.6 Å². The van der Waals surface area contributed by atoms with Crippen molar-refractivity contribution in [2.75, 3.05) is 19.0 Å². The van der Waals surface area contributed by atoms with Crippen molar-refractivity contribution in [3.63, 3.8) is 0 Å². The number of anilines is 1. The molecule has 0 bridgehead atoms. The van der Waals surface area contributed by atoms with Crippen LogP contribution >= 0.6 is 0 Å². The van der Waals surface area contributed by atoms with Crippen molar-refractivity contribution in [1.29, 1.82) is 0 Å². The topological polar surface area (TPSA) is 71.5 Å². The molecule has 0 fully saturated rings. The summed E-state index contributed by atoms with van der Waals surface area (Å²) in [5, 5.41) is 11.7. The van der Waals surface area contributed by atoms with Gasteiger partial charge in [0, 0.05) is 18.5 Å². The zero-order valence-corrected chi connectivity index (χ0v) is 11.9. The Morgan fingerprint density at radius 3 is 3.00 bits per heavy atom. The standard InChI is InChI=1S/C16H18N2O3/c1-21-15-11-17-8-7-14(15)16(20)18-13-6-2-4-12(10-13)5-3-9-19/h2,4,6-8,10-11,19H,3,5,9H2,1H3,(H,18,20). The molecule has 2 aromatic rings. The minimum atomic E-state index is -0.242. The molecule has 0 atom stereocenters. The largest absolute Gasteiger partial charge is 0.494 e. The second kappa shape index (κ2) is 7.40. The highest BCUT2D eigenvalue weighted by Gasteiger charge is 2.12. The molecule has 2 N–H and O–H groups in total. The maximum atomic E-state index is 12.3. The molecule has 2 rings (SSSR count). The Bertz CT molecular complexity index is 614. The van der Waals surface area contributed by atoms with E-state index in [1.807, 2.05) is 24.3 Å². The summed E-state index contributed by atoms with van der Waals surface area (Å²) in [4.78, 5) is 16.2. The molecule has 0 saturated carbocycles. The van der Waals surface area contributed by atoms with Gasteiger partial charge in [-0.15, -0.1) is 0 Å². The fourth-order valence-electron chi connectivity index (χ4n) is 2.02. The maximum absolute atomic E-state index is 12.3. The molecule has 0 saturated heterocycles. The summed E-state index contributed by atoms with van der Waals surface area (Å²) in [5.41, 5.74) is 2.23. The van der Waals surface area contributed by atoms with Crippen LogP contribution in [0.3, 0.4) is 0 Å². The first-order valence-corrected chi connectivity index (χ1v) is 6.73. The lowest BCUT2D eigenvalue weighted by Gasteiger charge is -2.09. The van der Waals surface area contributed by atoms with Gasteiger partial charge in [-0.1, -0.05) is 12.1 Å². The normalized spacial score (nSPS) is 10.2. The van der Waals surface area contributed by atoms with Crippen LogP contribution in [0.5, 0.6) is 5.75 Å². The zero-order valence-electron chi connectivity index (χ0n) is 11.9. The number of hydrogen-bond acceptors (Lipinski definition) is 4. The Labute approximate surface area is 123 Å². The number of aliphatic hydroxyl groups excluding tert-OH is 1. The number of pyridine rings is 1. The van der Waals surface area contributed by atoms with Gasteiger partial charge in [0.1, 0.15) is 5.75 Å². The SMILES string of the molecule is COc1cnccc1C(=O)Nc1cccc(CCCO)c1. The van der Waals surface area contributed by atoms with E-state index in [4.69, 9.17) is 9.84 Å². The Kier molecular flexibility index (Phi) is 5.29. The maximum Gasteiger partial charge on any atom is 0.259 e. The number of methoxy groups -OCH3 is 1. The number of hydrogen-bond donors (Lipinski definition) is 2. The van der Waals surface area contributed by atoms with Crippen molar-refractivity contribution in [2.24, 2.45) is 0 Å². The molecule has 0 aliphatic rings. The lowest BCUT2D eigenvalue weighted by atomic mass is 10.1. The molecule has 5 nitrogen and oxygen atoms in total. The monoisotopic (exact) mass is 286 g/mol. The average molecular weight is 286 g/mol. The number of nitrogens with one attached hydrogen (secondary N) is 1. The molecule has 1 amide bonds. The quantitative estimate of drug-likeness (QED) is 0.854. The first-order chi connectivity index (χ1) is 10.2. The van der Waals surface area contributed by atoms with Crippen molar-refractivity contribution in [3.05, 3.63) is 53.9 Å². The number of ether oxygens (including phenoxy) is 1. The molecule has 0 radical (unpaired) electrons. The summed E-state index contributed by atoms with van der Waals surface area (Å²) in [7, 11) is 1.50. The van der Waals surface area contributed by atoms with E-state index in [9.17, 15) is 4.79 Å². The van der Waals surface area contributed by atoms with Gasteiger partial charge in [-0.05, 0) is 36.6 Å². The van der Waals surface area contributed by atoms with Crippen LogP contribution in [0, 0.1) is 0 Å². The van der Waals surface area contributed by atoms with Gasteiger partial charge in [0.2, 0.25) is 0 Å². The van der Waals surface area contributed by atoms with Crippen LogP contribution in [0.15, 0.2) is 42.7 Å². The van der Waals surface area contributed by atoms with Gasteiger partial charge in [0.15, 0.2) is 0 Å². The first-order valence-electron chi connectivity index (χ1n) is 6.73. The molecule has 0 aliphatic carbocycles. The lowest BCUT2D eigenvalue weighted by Crippen LogP contribution is -2.13. The highest BCUT2D eigenvalue weighted by atomic mass is 16.5. The Morgan fingerprint density at radius 2 is 2.24 bits per heavy atom. The highest BCUT2D eigenvalue weighted by molar-refractivity contribution is 6.06. The van der Waals surface area contributed by atoms with Crippen LogP contribution in [0.1, 0.15) is 22.3 Å². The number of aryl methyl sites for hydroxylation is 1. The number of benzene rings is 1. The summed E-state index contributed by atoms with van der Waals surface area (Å²) >= 11 is 0. The average Bonchev–Trinajstić information content (AvgIpc) is 2.53. The molecule has 110 valence electrons. The van der Waals surface area contributed by atoms with E-state index in [0.717, 1.165) is 12.0 Å². The molecule has 5 heteroatoms. The number of aromatic nitrogens is 1. The van der Waals surface area contributed by atoms with Crippen LogP contribution in [-0.4, -0.2) is 29.7 Å². The van der Waals surface area contributed by atoms with E-state index in [1.54, 1.807) is 12.3 Å². The highest BCUT2D eigenvalue weighted by Crippen LogP contribution is 2.18. The predicted molar refractivity (Wildman–Crippen MR) is 80.6 cm³/mol. The second-order valence-electron chi connectivity index (χ2n) is 4.56. The smallest absolute Gasteiger partial charge is 0.259 e. The fraction of sp³-hybridized carbons (Fsp3) is 0.250. The fourth-order valence-corrected chi connectivity index (χ4v) is 2.02. The van der Waals surface area contributed by atoms with Crippen molar-refractivity contribution in [1.82, 2.24) is 4.98 Å². The van der Waals surface area contributed by atoms with Gasteiger partial charge in [-0.2, -0.15) is 0 Å². The second-order valence-corrected chi connectivity index (χ2v) is 4.56. The predicted octanol–water partition coefficient (Wildman–Crippen LogP) is 2.27. The summed E-state index contributed by atoms with van der Waals surface area (Å²) in [6.07, 6.45) is 4.54. The van der Waals surface area contributed by atoms with Crippen LogP contribution in [0.2, 0.25) is 0 Å². The number of rotatable bonds is 6. The van der Waals surface area contributed by atoms with E-state index < -0.39 is 0 Å². The zero-order chi connectivity index (χ0) is 15.1. The van der Waals surface area contributed by atoms with Crippen LogP contribution in [0.25, 0.3) is 0 Å². The summed E-state index contributed by atoms with van der Waals surface area (Å²) in [6, 6.07) is 9.20. The van der Waals surface area contributed by atoms with Gasteiger partial charge < -0.3 is 15.2 Å². The molecule has 0 unspecified atom stereocenters. The first kappa shape index (κ1) is 15.0. The number of aliphatic hydroxyl groups is 1. The number of carbonyl (C=O) groups excluding carboxylic acids is 1. The Balaban J connectivity index is 2.12. The molecular weight excluding hydrogens is 268 g/mol.